The maximum atomic E-state index is 14.0. The molecule has 0 aliphatic carbocycles. The molecular formula is C25H25ClF3N5O. The minimum Gasteiger partial charge on any atom is -0.368 e. The molecule has 6 nitrogen and oxygen atoms in total. The molecule has 10 heteroatoms. The Morgan fingerprint density at radius 3 is 2.31 bits per heavy atom. The van der Waals surface area contributed by atoms with E-state index in [2.05, 4.69) is 15.3 Å². The van der Waals surface area contributed by atoms with Gasteiger partial charge in [0, 0.05) is 38.3 Å². The van der Waals surface area contributed by atoms with Gasteiger partial charge in [-0.3, -0.25) is 4.79 Å². The summed E-state index contributed by atoms with van der Waals surface area (Å²) < 4.78 is 43.0. The van der Waals surface area contributed by atoms with Crippen LogP contribution < -0.4 is 10.2 Å². The minimum atomic E-state index is -4.54. The van der Waals surface area contributed by atoms with Crippen LogP contribution in [0.3, 0.4) is 0 Å². The summed E-state index contributed by atoms with van der Waals surface area (Å²) in [6.07, 6.45) is -4.79. The van der Waals surface area contributed by atoms with E-state index < -0.39 is 24.2 Å². The smallest absolute Gasteiger partial charge is 0.368 e. The number of rotatable bonds is 3. The average Bonchev–Trinajstić information content (AvgIpc) is 3.19. The second kappa shape index (κ2) is 9.11. The number of halogens is 4. The number of anilines is 2. The standard InChI is InChI=1S/C25H25ClF3N5O/c1-16-7-9-17(10-8-16)19-15-20(25(27,28)29)34-23(30-19)21(26)22(31-34)24(35)33-13-11-32(12-14-33)18-5-3-2-4-6-18/h2-10,19-20,30H,11-15H2,1H3/t19-,20-/m1/s1. The molecule has 2 atom stereocenters. The first kappa shape index (κ1) is 23.5. The predicted molar refractivity (Wildman–Crippen MR) is 129 cm³/mol. The number of fused-ring (bicyclic) bond motifs is 1. The van der Waals surface area contributed by atoms with Crippen LogP contribution in [0, 0.1) is 6.92 Å². The summed E-state index contributed by atoms with van der Waals surface area (Å²) in [5, 5.41) is 7.11. The van der Waals surface area contributed by atoms with E-state index in [-0.39, 0.29) is 23.0 Å². The van der Waals surface area contributed by atoms with E-state index >= 15 is 0 Å². The number of nitrogens with zero attached hydrogens (tertiary/aromatic N) is 4. The molecule has 2 aromatic carbocycles. The first-order valence-electron chi connectivity index (χ1n) is 11.5. The molecule has 35 heavy (non-hydrogen) atoms. The van der Waals surface area contributed by atoms with E-state index in [1.165, 1.54) is 0 Å². The molecule has 1 N–H and O–H groups in total. The van der Waals surface area contributed by atoms with Gasteiger partial charge < -0.3 is 15.1 Å². The topological polar surface area (TPSA) is 53.4 Å². The van der Waals surface area contributed by atoms with Gasteiger partial charge in [-0.1, -0.05) is 59.6 Å². The van der Waals surface area contributed by atoms with Crippen LogP contribution in [-0.4, -0.2) is 52.9 Å². The highest BCUT2D eigenvalue weighted by Gasteiger charge is 2.48. The monoisotopic (exact) mass is 503 g/mol. The van der Waals surface area contributed by atoms with Crippen molar-refractivity contribution in [1.82, 2.24) is 14.7 Å². The summed E-state index contributed by atoms with van der Waals surface area (Å²) in [7, 11) is 0. The molecule has 2 aliphatic rings. The normalized spacial score (nSPS) is 20.4. The quantitative estimate of drug-likeness (QED) is 0.515. The lowest BCUT2D eigenvalue weighted by Gasteiger charge is -2.35. The number of carbonyl (C=O) groups is 1. The molecule has 1 aromatic heterocycles. The Labute approximate surface area is 206 Å². The zero-order valence-corrected chi connectivity index (χ0v) is 19.9. The molecule has 3 heterocycles. The number of aromatic nitrogens is 2. The van der Waals surface area contributed by atoms with Gasteiger partial charge in [0.15, 0.2) is 11.7 Å². The average molecular weight is 504 g/mol. The highest BCUT2D eigenvalue weighted by Crippen LogP contribution is 2.46. The number of benzene rings is 2. The Morgan fingerprint density at radius 2 is 1.69 bits per heavy atom. The van der Waals surface area contributed by atoms with Crippen molar-refractivity contribution in [2.24, 2.45) is 0 Å². The summed E-state index contributed by atoms with van der Waals surface area (Å²) in [5.41, 5.74) is 2.65. The Kier molecular flexibility index (Phi) is 6.13. The van der Waals surface area contributed by atoms with E-state index in [9.17, 15) is 18.0 Å². The van der Waals surface area contributed by atoms with Crippen molar-refractivity contribution in [3.8, 4) is 0 Å². The van der Waals surface area contributed by atoms with Gasteiger partial charge in [-0.25, -0.2) is 4.68 Å². The molecule has 2 aliphatic heterocycles. The number of piperazine rings is 1. The number of hydrogen-bond donors (Lipinski definition) is 1. The number of alkyl halides is 3. The van der Waals surface area contributed by atoms with Crippen LogP contribution in [0.15, 0.2) is 54.6 Å². The number of amides is 1. The molecule has 0 bridgehead atoms. The van der Waals surface area contributed by atoms with Crippen molar-refractivity contribution < 1.29 is 18.0 Å². The van der Waals surface area contributed by atoms with Crippen LogP contribution in [-0.2, 0) is 0 Å². The summed E-state index contributed by atoms with van der Waals surface area (Å²) in [6, 6.07) is 14.7. The van der Waals surface area contributed by atoms with E-state index in [0.29, 0.717) is 26.2 Å². The Hall–Kier alpha value is -3.20. The maximum absolute atomic E-state index is 14.0. The van der Waals surface area contributed by atoms with Gasteiger partial charge >= 0.3 is 6.18 Å². The zero-order chi connectivity index (χ0) is 24.7. The van der Waals surface area contributed by atoms with E-state index in [4.69, 9.17) is 11.6 Å². The molecule has 0 radical (unpaired) electrons. The van der Waals surface area contributed by atoms with Crippen molar-refractivity contribution in [1.29, 1.82) is 0 Å². The van der Waals surface area contributed by atoms with Crippen molar-refractivity contribution in [3.63, 3.8) is 0 Å². The second-order valence-corrected chi connectivity index (χ2v) is 9.35. The minimum absolute atomic E-state index is 0.0251. The summed E-state index contributed by atoms with van der Waals surface area (Å²) in [6.45, 7) is 3.99. The molecule has 3 aromatic rings. The highest BCUT2D eigenvalue weighted by atomic mass is 35.5. The van der Waals surface area contributed by atoms with Crippen molar-refractivity contribution in [2.45, 2.75) is 31.6 Å². The van der Waals surface area contributed by atoms with Crippen molar-refractivity contribution in [3.05, 3.63) is 76.4 Å². The third-order valence-electron chi connectivity index (χ3n) is 6.67. The molecule has 1 amide bonds. The first-order valence-corrected chi connectivity index (χ1v) is 11.9. The van der Waals surface area contributed by atoms with E-state index in [1.54, 1.807) is 17.0 Å². The largest absolute Gasteiger partial charge is 0.410 e. The fraction of sp³-hybridized carbons (Fsp3) is 0.360. The van der Waals surface area contributed by atoms with E-state index in [1.807, 2.05) is 49.4 Å². The highest BCUT2D eigenvalue weighted by molar-refractivity contribution is 6.36. The van der Waals surface area contributed by atoms with Crippen LogP contribution >= 0.6 is 11.6 Å². The van der Waals surface area contributed by atoms with Crippen molar-refractivity contribution in [2.75, 3.05) is 36.4 Å². The number of carbonyl (C=O) groups excluding carboxylic acids is 1. The number of hydrogen-bond acceptors (Lipinski definition) is 4. The van der Waals surface area contributed by atoms with Crippen LogP contribution in [0.2, 0.25) is 5.02 Å². The summed E-state index contributed by atoms with van der Waals surface area (Å²) >= 11 is 6.50. The molecule has 0 unspecified atom stereocenters. The van der Waals surface area contributed by atoms with Gasteiger partial charge in [-0.05, 0) is 24.6 Å². The lowest BCUT2D eigenvalue weighted by atomic mass is 9.96. The number of nitrogens with one attached hydrogen (secondary N) is 1. The van der Waals surface area contributed by atoms with Gasteiger partial charge in [0.2, 0.25) is 0 Å². The van der Waals surface area contributed by atoms with Crippen LogP contribution in [0.1, 0.15) is 40.1 Å². The van der Waals surface area contributed by atoms with Gasteiger partial charge in [-0.15, -0.1) is 0 Å². The third kappa shape index (κ3) is 4.57. The molecule has 0 spiro atoms. The Balaban J connectivity index is 1.39. The Bertz CT molecular complexity index is 1200. The molecule has 0 saturated carbocycles. The van der Waals surface area contributed by atoms with Gasteiger partial charge in [0.05, 0.1) is 6.04 Å². The maximum Gasteiger partial charge on any atom is 0.410 e. The second-order valence-electron chi connectivity index (χ2n) is 8.97. The number of para-hydroxylation sites is 1. The van der Waals surface area contributed by atoms with Crippen LogP contribution in [0.5, 0.6) is 0 Å². The molecule has 184 valence electrons. The number of aryl methyl sites for hydroxylation is 1. The molecule has 5 rings (SSSR count). The van der Waals surface area contributed by atoms with Gasteiger partial charge in [-0.2, -0.15) is 18.3 Å². The lowest BCUT2D eigenvalue weighted by molar-refractivity contribution is -0.173. The van der Waals surface area contributed by atoms with Gasteiger partial charge in [0.25, 0.3) is 5.91 Å². The predicted octanol–water partition coefficient (Wildman–Crippen LogP) is 5.47. The lowest BCUT2D eigenvalue weighted by Crippen LogP contribution is -2.49. The zero-order valence-electron chi connectivity index (χ0n) is 19.1. The fourth-order valence-corrected chi connectivity index (χ4v) is 4.96. The first-order chi connectivity index (χ1) is 16.7. The molecular weight excluding hydrogens is 479 g/mol. The summed E-state index contributed by atoms with van der Waals surface area (Å²) in [4.78, 5) is 17.0. The van der Waals surface area contributed by atoms with Crippen molar-refractivity contribution >= 4 is 29.0 Å². The van der Waals surface area contributed by atoms with Gasteiger partial charge in [0.1, 0.15) is 10.8 Å². The van der Waals surface area contributed by atoms with Crippen LogP contribution in [0.25, 0.3) is 0 Å². The summed E-state index contributed by atoms with van der Waals surface area (Å²) in [5.74, 6) is -0.434. The SMILES string of the molecule is Cc1ccc([C@H]2C[C@H](C(F)(F)F)n3nc(C(=O)N4CCN(c5ccccc5)CC4)c(Cl)c3N2)cc1. The fourth-order valence-electron chi connectivity index (χ4n) is 4.70. The molecule has 1 saturated heterocycles. The molecule has 1 fully saturated rings. The third-order valence-corrected chi connectivity index (χ3v) is 7.02. The Morgan fingerprint density at radius 1 is 1.03 bits per heavy atom. The van der Waals surface area contributed by atoms with Crippen LogP contribution in [0.4, 0.5) is 24.7 Å². The van der Waals surface area contributed by atoms with E-state index in [0.717, 1.165) is 21.5 Å².